The fourth-order valence-electron chi connectivity index (χ4n) is 4.92. The van der Waals surface area contributed by atoms with Crippen LogP contribution in [0.3, 0.4) is 0 Å². The molecule has 11 heteroatoms. The van der Waals surface area contributed by atoms with E-state index in [0.29, 0.717) is 43.0 Å². The van der Waals surface area contributed by atoms with Crippen molar-refractivity contribution in [3.63, 3.8) is 0 Å². The van der Waals surface area contributed by atoms with Crippen LogP contribution >= 0.6 is 11.6 Å². The number of rotatable bonds is 4. The van der Waals surface area contributed by atoms with E-state index in [1.165, 1.54) is 0 Å². The number of likely N-dealkylation sites (tertiary alicyclic amines) is 1. The van der Waals surface area contributed by atoms with E-state index in [9.17, 15) is 13.6 Å². The first-order valence-corrected chi connectivity index (χ1v) is 10.6. The average Bonchev–Trinajstić information content (AvgIpc) is 2.92. The summed E-state index contributed by atoms with van der Waals surface area (Å²) < 4.78 is 28.5. The first kappa shape index (κ1) is 20.4. The lowest BCUT2D eigenvalue weighted by atomic mass is 9.71. The molecule has 2 aliphatic heterocycles. The summed E-state index contributed by atoms with van der Waals surface area (Å²) in [5.41, 5.74) is 0.259. The number of hydrogen-bond donors (Lipinski definition) is 1. The van der Waals surface area contributed by atoms with Crippen molar-refractivity contribution in [2.75, 3.05) is 36.4 Å². The summed E-state index contributed by atoms with van der Waals surface area (Å²) in [6, 6.07) is 0. The zero-order chi connectivity index (χ0) is 22.2. The van der Waals surface area contributed by atoms with E-state index in [-0.39, 0.29) is 17.3 Å². The van der Waals surface area contributed by atoms with Gasteiger partial charge < -0.3 is 15.1 Å². The van der Waals surface area contributed by atoms with Gasteiger partial charge in [-0.1, -0.05) is 25.4 Å². The molecule has 5 rings (SSSR count). The van der Waals surface area contributed by atoms with Crippen LogP contribution in [0.25, 0.3) is 0 Å². The van der Waals surface area contributed by atoms with Crippen molar-refractivity contribution in [3.05, 3.63) is 23.6 Å². The van der Waals surface area contributed by atoms with Crippen molar-refractivity contribution in [1.82, 2.24) is 24.6 Å². The number of anilines is 3. The van der Waals surface area contributed by atoms with Crippen LogP contribution < -0.4 is 10.2 Å². The first-order valence-electron chi connectivity index (χ1n) is 10.2. The Balaban J connectivity index is 1.34. The molecule has 0 radical (unpaired) electrons. The smallest absolute Gasteiger partial charge is 0.260 e. The van der Waals surface area contributed by atoms with Gasteiger partial charge in [-0.3, -0.25) is 9.48 Å². The largest absolute Gasteiger partial charge is 0.354 e. The van der Waals surface area contributed by atoms with Gasteiger partial charge in [0.05, 0.1) is 18.1 Å². The van der Waals surface area contributed by atoms with Crippen LogP contribution in [0.15, 0.2) is 18.6 Å². The highest BCUT2D eigenvalue weighted by Gasteiger charge is 2.65. The molecule has 1 saturated carbocycles. The second-order valence-corrected chi connectivity index (χ2v) is 9.99. The number of amides is 1. The summed E-state index contributed by atoms with van der Waals surface area (Å²) in [5.74, 6) is -3.38. The standard InChI is InChI=1S/C20H24ClF2N7O/c1-18-8-29(9-19(18,2)11-30(10-18)16(31)13-4-20(13,22)23)15-14(21)6-24-17(27-15)26-12-5-25-28(3)7-12/h5-7,13H,4,8-11H2,1-3H3,(H,24,26,27)/t13-,18-,19+/m0/s1. The number of aromatic nitrogens is 4. The number of aryl methyl sites for hydroxylation is 1. The molecule has 2 saturated heterocycles. The molecule has 3 aliphatic rings. The number of carbonyl (C=O) groups is 1. The third kappa shape index (κ3) is 3.31. The quantitative estimate of drug-likeness (QED) is 0.770. The number of halogens is 3. The van der Waals surface area contributed by atoms with Crippen LogP contribution in [0.5, 0.6) is 0 Å². The van der Waals surface area contributed by atoms with Crippen LogP contribution in [0.1, 0.15) is 20.3 Å². The Labute approximate surface area is 183 Å². The summed E-state index contributed by atoms with van der Waals surface area (Å²) in [4.78, 5) is 25.1. The Morgan fingerprint density at radius 1 is 1.19 bits per heavy atom. The van der Waals surface area contributed by atoms with E-state index < -0.39 is 17.7 Å². The van der Waals surface area contributed by atoms with E-state index in [2.05, 4.69) is 39.1 Å². The molecule has 3 fully saturated rings. The highest BCUT2D eigenvalue weighted by Crippen LogP contribution is 2.55. The Kier molecular flexibility index (Phi) is 4.28. The fraction of sp³-hybridized carbons (Fsp3) is 0.600. The van der Waals surface area contributed by atoms with Crippen molar-refractivity contribution in [2.45, 2.75) is 26.2 Å². The number of alkyl halides is 2. The lowest BCUT2D eigenvalue weighted by Gasteiger charge is -2.29. The van der Waals surface area contributed by atoms with Gasteiger partial charge in [-0.25, -0.2) is 13.8 Å². The van der Waals surface area contributed by atoms with Crippen LogP contribution in [-0.2, 0) is 11.8 Å². The van der Waals surface area contributed by atoms with Gasteiger partial charge in [-0.05, 0) is 0 Å². The third-order valence-electron chi connectivity index (χ3n) is 7.04. The number of carbonyl (C=O) groups excluding carboxylic acids is 1. The Bertz CT molecular complexity index is 1040. The van der Waals surface area contributed by atoms with Gasteiger partial charge >= 0.3 is 0 Å². The predicted molar refractivity (Wildman–Crippen MR) is 112 cm³/mol. The van der Waals surface area contributed by atoms with Crippen LogP contribution in [0, 0.1) is 16.7 Å². The van der Waals surface area contributed by atoms with Gasteiger partial charge in [0.2, 0.25) is 11.9 Å². The van der Waals surface area contributed by atoms with E-state index in [0.717, 1.165) is 5.69 Å². The number of hydrogen-bond acceptors (Lipinski definition) is 6. The molecule has 0 aromatic carbocycles. The molecule has 3 atom stereocenters. The van der Waals surface area contributed by atoms with Crippen molar-refractivity contribution >= 4 is 35.0 Å². The molecule has 1 amide bonds. The lowest BCUT2D eigenvalue weighted by molar-refractivity contribution is -0.134. The fourth-order valence-corrected chi connectivity index (χ4v) is 5.13. The second kappa shape index (κ2) is 6.51. The van der Waals surface area contributed by atoms with E-state index >= 15 is 0 Å². The lowest BCUT2D eigenvalue weighted by Crippen LogP contribution is -2.37. The van der Waals surface area contributed by atoms with Gasteiger partial charge in [0.1, 0.15) is 10.9 Å². The maximum Gasteiger partial charge on any atom is 0.260 e. The van der Waals surface area contributed by atoms with Crippen LogP contribution in [0.4, 0.5) is 26.2 Å². The molecule has 0 spiro atoms. The molecule has 2 aromatic heterocycles. The third-order valence-corrected chi connectivity index (χ3v) is 7.30. The number of nitrogens with zero attached hydrogens (tertiary/aromatic N) is 6. The van der Waals surface area contributed by atoms with Crippen molar-refractivity contribution in [2.24, 2.45) is 23.8 Å². The summed E-state index contributed by atoms with van der Waals surface area (Å²) in [5, 5.41) is 7.68. The molecular weight excluding hydrogens is 428 g/mol. The minimum Gasteiger partial charge on any atom is -0.354 e. The van der Waals surface area contributed by atoms with Crippen molar-refractivity contribution in [3.8, 4) is 0 Å². The van der Waals surface area contributed by atoms with E-state index in [4.69, 9.17) is 11.6 Å². The highest BCUT2D eigenvalue weighted by atomic mass is 35.5. The summed E-state index contributed by atoms with van der Waals surface area (Å²) in [6.45, 7) is 6.36. The molecule has 8 nitrogen and oxygen atoms in total. The average molecular weight is 452 g/mol. The normalized spacial score (nSPS) is 31.1. The van der Waals surface area contributed by atoms with E-state index in [1.807, 2.05) is 13.2 Å². The highest BCUT2D eigenvalue weighted by molar-refractivity contribution is 6.32. The summed E-state index contributed by atoms with van der Waals surface area (Å²) in [7, 11) is 1.82. The summed E-state index contributed by atoms with van der Waals surface area (Å²) >= 11 is 6.43. The molecule has 2 aromatic rings. The minimum atomic E-state index is -2.84. The van der Waals surface area contributed by atoms with Gasteiger partial charge in [-0.2, -0.15) is 10.1 Å². The van der Waals surface area contributed by atoms with Gasteiger partial charge in [0, 0.05) is 56.7 Å². The number of nitrogens with one attached hydrogen (secondary N) is 1. The van der Waals surface area contributed by atoms with Crippen LogP contribution in [-0.4, -0.2) is 62.7 Å². The summed E-state index contributed by atoms with van der Waals surface area (Å²) in [6.07, 6.45) is 4.72. The molecule has 0 bridgehead atoms. The molecule has 166 valence electrons. The Hall–Kier alpha value is -2.49. The molecule has 1 N–H and O–H groups in total. The van der Waals surface area contributed by atoms with Crippen molar-refractivity contribution < 1.29 is 13.6 Å². The van der Waals surface area contributed by atoms with Gasteiger partial charge in [-0.15, -0.1) is 0 Å². The van der Waals surface area contributed by atoms with E-state index in [1.54, 1.807) is 22.0 Å². The maximum atomic E-state index is 13.4. The Morgan fingerprint density at radius 3 is 2.39 bits per heavy atom. The maximum absolute atomic E-state index is 13.4. The SMILES string of the molecule is Cn1cc(Nc2ncc(Cl)c(N3C[C@]4(C)CN(C(=O)[C@@H]5CC5(F)F)C[C@]4(C)C3)n2)cn1. The first-order chi connectivity index (χ1) is 14.5. The minimum absolute atomic E-state index is 0.252. The molecule has 0 unspecified atom stereocenters. The second-order valence-electron chi connectivity index (χ2n) is 9.58. The topological polar surface area (TPSA) is 79.2 Å². The van der Waals surface area contributed by atoms with Crippen LogP contribution in [0.2, 0.25) is 5.02 Å². The molecule has 1 aliphatic carbocycles. The van der Waals surface area contributed by atoms with Gasteiger partial charge in [0.15, 0.2) is 5.82 Å². The zero-order valence-corrected chi connectivity index (χ0v) is 18.3. The van der Waals surface area contributed by atoms with Gasteiger partial charge in [0.25, 0.3) is 5.92 Å². The van der Waals surface area contributed by atoms with Crippen molar-refractivity contribution in [1.29, 1.82) is 0 Å². The predicted octanol–water partition coefficient (Wildman–Crippen LogP) is 2.94. The molecule has 4 heterocycles. The number of fused-ring (bicyclic) bond motifs is 1. The monoisotopic (exact) mass is 451 g/mol. The Morgan fingerprint density at radius 2 is 1.84 bits per heavy atom. The zero-order valence-electron chi connectivity index (χ0n) is 17.6. The molecule has 31 heavy (non-hydrogen) atoms. The molecular formula is C20H24ClF2N7O.